The molecule has 0 aliphatic heterocycles. The van der Waals surface area contributed by atoms with Crippen molar-refractivity contribution in [2.75, 3.05) is 17.7 Å². The summed E-state index contributed by atoms with van der Waals surface area (Å²) in [6.45, 7) is 0. The fraction of sp³-hybridized carbons (Fsp3) is 0.267. The van der Waals surface area contributed by atoms with Gasteiger partial charge in [-0.25, -0.2) is 8.42 Å². The Bertz CT molecular complexity index is 1590. The van der Waals surface area contributed by atoms with E-state index in [1.807, 2.05) is 24.3 Å². The number of benzene rings is 3. The third-order valence-electron chi connectivity index (χ3n) is 7.26. The number of esters is 1. The monoisotopic (exact) mass is 574 g/mol. The summed E-state index contributed by atoms with van der Waals surface area (Å²) in [5.41, 5.74) is 2.31. The molecule has 0 atom stereocenters. The molecule has 0 saturated heterocycles. The third-order valence-corrected chi connectivity index (χ3v) is 9.04. The van der Waals surface area contributed by atoms with Crippen molar-refractivity contribution in [2.45, 2.75) is 47.8 Å². The van der Waals surface area contributed by atoms with Crippen LogP contribution in [0.4, 0.5) is 17.4 Å². The number of hydrogen-bond acceptors (Lipinski definition) is 9. The van der Waals surface area contributed by atoms with E-state index in [1.54, 1.807) is 42.5 Å². The number of aromatic nitrogens is 2. The molecule has 11 heteroatoms. The number of hydrogen-bond donors (Lipinski definition) is 2. The first-order chi connectivity index (χ1) is 19.8. The quantitative estimate of drug-likeness (QED) is 0.240. The van der Waals surface area contributed by atoms with Gasteiger partial charge in [0.15, 0.2) is 0 Å². The molecule has 1 aliphatic rings. The number of sulfone groups is 1. The van der Waals surface area contributed by atoms with Crippen LogP contribution >= 0.6 is 0 Å². The van der Waals surface area contributed by atoms with Gasteiger partial charge >= 0.3 is 23.8 Å². The topological polar surface area (TPSA) is 140 Å². The fourth-order valence-electron chi connectivity index (χ4n) is 4.98. The van der Waals surface area contributed by atoms with E-state index in [0.717, 1.165) is 25.7 Å². The van der Waals surface area contributed by atoms with Gasteiger partial charge in [0, 0.05) is 17.8 Å². The minimum Gasteiger partial charge on any atom is -0.469 e. The lowest BCUT2D eigenvalue weighted by Crippen LogP contribution is -2.17. The van der Waals surface area contributed by atoms with Crippen molar-refractivity contribution in [3.05, 3.63) is 90.3 Å². The van der Waals surface area contributed by atoms with Crippen molar-refractivity contribution < 1.29 is 27.2 Å². The predicted molar refractivity (Wildman–Crippen MR) is 152 cm³/mol. The molecule has 3 aromatic carbocycles. The van der Waals surface area contributed by atoms with Crippen LogP contribution in [0.3, 0.4) is 0 Å². The molecule has 212 valence electrons. The van der Waals surface area contributed by atoms with E-state index in [4.69, 9.17) is 9.15 Å². The maximum atomic E-state index is 12.8. The lowest BCUT2D eigenvalue weighted by Gasteiger charge is -2.28. The van der Waals surface area contributed by atoms with E-state index >= 15 is 0 Å². The van der Waals surface area contributed by atoms with Gasteiger partial charge in [-0.15, -0.1) is 5.10 Å². The molecule has 0 spiro atoms. The SMILES string of the molecule is COC(=O)CC1CCC(c2ccc(NC(=O)c3nnc(Nc4ccc(S(=O)(=O)c5ccccc5)cc4)o3)cc2)CC1. The first-order valence-electron chi connectivity index (χ1n) is 13.3. The normalized spacial score (nSPS) is 17.0. The van der Waals surface area contributed by atoms with Crippen LogP contribution in [0.15, 0.2) is 93.1 Å². The van der Waals surface area contributed by atoms with Crippen molar-refractivity contribution in [3.8, 4) is 0 Å². The Morgan fingerprint density at radius 3 is 2.15 bits per heavy atom. The molecule has 41 heavy (non-hydrogen) atoms. The number of nitrogens with one attached hydrogen (secondary N) is 2. The largest absolute Gasteiger partial charge is 0.469 e. The highest BCUT2D eigenvalue weighted by atomic mass is 32.2. The lowest BCUT2D eigenvalue weighted by atomic mass is 9.77. The van der Waals surface area contributed by atoms with E-state index < -0.39 is 15.7 Å². The van der Waals surface area contributed by atoms with E-state index in [-0.39, 0.29) is 27.7 Å². The highest BCUT2D eigenvalue weighted by Crippen LogP contribution is 2.37. The predicted octanol–water partition coefficient (Wildman–Crippen LogP) is 5.74. The number of methoxy groups -OCH3 is 1. The molecule has 1 amide bonds. The summed E-state index contributed by atoms with van der Waals surface area (Å²) in [7, 11) is -2.21. The van der Waals surface area contributed by atoms with Gasteiger partial charge in [0.1, 0.15) is 0 Å². The molecule has 0 bridgehead atoms. The van der Waals surface area contributed by atoms with Gasteiger partial charge in [0.05, 0.1) is 16.9 Å². The smallest absolute Gasteiger partial charge is 0.320 e. The van der Waals surface area contributed by atoms with Crippen LogP contribution in [0.5, 0.6) is 0 Å². The lowest BCUT2D eigenvalue weighted by molar-refractivity contribution is -0.142. The molecule has 0 radical (unpaired) electrons. The van der Waals surface area contributed by atoms with Gasteiger partial charge < -0.3 is 19.8 Å². The number of amides is 1. The van der Waals surface area contributed by atoms with Crippen molar-refractivity contribution in [3.63, 3.8) is 0 Å². The Labute approximate surface area is 238 Å². The maximum absolute atomic E-state index is 12.8. The Hall–Kier alpha value is -4.51. The van der Waals surface area contributed by atoms with Crippen LogP contribution in [0.25, 0.3) is 0 Å². The summed E-state index contributed by atoms with van der Waals surface area (Å²) < 4.78 is 35.8. The molecular formula is C30H30N4O6S. The second-order valence-corrected chi connectivity index (χ2v) is 11.9. The van der Waals surface area contributed by atoms with Gasteiger partial charge in [-0.3, -0.25) is 9.59 Å². The standard InChI is InChI=1S/C30H30N4O6S/c1-39-27(35)19-20-7-9-21(10-8-20)22-11-13-23(14-12-22)31-28(36)29-33-34-30(40-29)32-24-15-17-26(18-16-24)41(37,38)25-5-3-2-4-6-25/h2-6,11-18,20-21H,7-10,19H2,1H3,(H,31,36)(H,32,34). The second-order valence-electron chi connectivity index (χ2n) is 9.95. The van der Waals surface area contributed by atoms with Gasteiger partial charge in [0.2, 0.25) is 9.84 Å². The number of carbonyl (C=O) groups excluding carboxylic acids is 2. The van der Waals surface area contributed by atoms with Gasteiger partial charge in [0.25, 0.3) is 0 Å². The average molecular weight is 575 g/mol. The average Bonchev–Trinajstić information content (AvgIpc) is 3.47. The number of nitrogens with zero attached hydrogens (tertiary/aromatic N) is 2. The van der Waals surface area contributed by atoms with Gasteiger partial charge in [-0.1, -0.05) is 35.4 Å². The fourth-order valence-corrected chi connectivity index (χ4v) is 6.27. The summed E-state index contributed by atoms with van der Waals surface area (Å²) in [6.07, 6.45) is 4.48. The molecule has 5 rings (SSSR count). The summed E-state index contributed by atoms with van der Waals surface area (Å²) >= 11 is 0. The summed E-state index contributed by atoms with van der Waals surface area (Å²) in [5.74, 6) is -0.120. The minimum atomic E-state index is -3.63. The zero-order valence-corrected chi connectivity index (χ0v) is 23.3. The molecule has 1 aliphatic carbocycles. The summed E-state index contributed by atoms with van der Waals surface area (Å²) in [4.78, 5) is 24.6. The third kappa shape index (κ3) is 6.80. The molecular weight excluding hydrogens is 544 g/mol. The zero-order chi connectivity index (χ0) is 28.8. The van der Waals surface area contributed by atoms with Crippen LogP contribution in [-0.2, 0) is 19.4 Å². The summed E-state index contributed by atoms with van der Waals surface area (Å²) in [6, 6.07) is 22.0. The Kier molecular flexibility index (Phi) is 8.44. The molecule has 4 aromatic rings. The summed E-state index contributed by atoms with van der Waals surface area (Å²) in [5, 5.41) is 13.3. The Balaban J connectivity index is 1.14. The minimum absolute atomic E-state index is 0.00744. The first-order valence-corrected chi connectivity index (χ1v) is 14.8. The highest BCUT2D eigenvalue weighted by Gasteiger charge is 2.24. The van der Waals surface area contributed by atoms with Gasteiger partial charge in [-0.05, 0) is 91.6 Å². The van der Waals surface area contributed by atoms with Crippen molar-refractivity contribution in [1.29, 1.82) is 0 Å². The van der Waals surface area contributed by atoms with E-state index in [1.165, 1.54) is 24.8 Å². The van der Waals surface area contributed by atoms with Crippen molar-refractivity contribution in [1.82, 2.24) is 10.2 Å². The van der Waals surface area contributed by atoms with Gasteiger partial charge in [-0.2, -0.15) is 0 Å². The van der Waals surface area contributed by atoms with Crippen LogP contribution in [0, 0.1) is 5.92 Å². The second kappa shape index (κ2) is 12.3. The van der Waals surface area contributed by atoms with E-state index in [9.17, 15) is 18.0 Å². The number of carbonyl (C=O) groups is 2. The maximum Gasteiger partial charge on any atom is 0.320 e. The molecule has 1 saturated carbocycles. The molecule has 10 nitrogen and oxygen atoms in total. The van der Waals surface area contributed by atoms with Crippen LogP contribution in [-0.4, -0.2) is 37.6 Å². The zero-order valence-electron chi connectivity index (χ0n) is 22.4. The van der Waals surface area contributed by atoms with E-state index in [2.05, 4.69) is 20.8 Å². The Morgan fingerprint density at radius 1 is 0.854 bits per heavy atom. The van der Waals surface area contributed by atoms with Crippen LogP contribution in [0.2, 0.25) is 0 Å². The highest BCUT2D eigenvalue weighted by molar-refractivity contribution is 7.91. The number of anilines is 3. The molecule has 0 unspecified atom stereocenters. The van der Waals surface area contributed by atoms with Crippen molar-refractivity contribution in [2.24, 2.45) is 5.92 Å². The molecule has 1 aromatic heterocycles. The molecule has 1 fully saturated rings. The number of rotatable bonds is 9. The Morgan fingerprint density at radius 2 is 1.49 bits per heavy atom. The van der Waals surface area contributed by atoms with Crippen LogP contribution < -0.4 is 10.6 Å². The molecule has 1 heterocycles. The number of ether oxygens (including phenoxy) is 1. The van der Waals surface area contributed by atoms with Crippen molar-refractivity contribution >= 4 is 39.1 Å². The molecule has 2 N–H and O–H groups in total. The van der Waals surface area contributed by atoms with E-state index in [0.29, 0.717) is 29.6 Å². The van der Waals surface area contributed by atoms with Crippen LogP contribution in [0.1, 0.15) is 54.3 Å². The first kappa shape index (κ1) is 28.0.